The third-order valence-electron chi connectivity index (χ3n) is 5.74. The van der Waals surface area contributed by atoms with Crippen LogP contribution in [0, 0.1) is 5.92 Å². The Bertz CT molecular complexity index is 775. The van der Waals surface area contributed by atoms with Crippen molar-refractivity contribution < 1.29 is 14.4 Å². The molecular weight excluding hydrogens is 346 g/mol. The predicted molar refractivity (Wildman–Crippen MR) is 99.1 cm³/mol. The number of nitrogens with one attached hydrogen (secondary N) is 2. The van der Waals surface area contributed by atoms with Gasteiger partial charge < -0.3 is 15.1 Å². The van der Waals surface area contributed by atoms with E-state index in [9.17, 15) is 14.4 Å². The Morgan fingerprint density at radius 3 is 2.70 bits per heavy atom. The van der Waals surface area contributed by atoms with Crippen LogP contribution in [0.3, 0.4) is 0 Å². The van der Waals surface area contributed by atoms with Crippen molar-refractivity contribution in [3.05, 3.63) is 23.4 Å². The molecule has 0 saturated carbocycles. The Balaban J connectivity index is 1.47. The molecule has 0 spiro atoms. The number of nitrogens with zero attached hydrogens (tertiary/aromatic N) is 3. The average molecular weight is 371 g/mol. The van der Waals surface area contributed by atoms with Gasteiger partial charge in [-0.25, -0.2) is 4.98 Å². The molecule has 1 unspecified atom stereocenters. The number of fused-ring (bicyclic) bond motifs is 1. The second-order valence-corrected chi connectivity index (χ2v) is 7.64. The van der Waals surface area contributed by atoms with Gasteiger partial charge in [-0.15, -0.1) is 0 Å². The van der Waals surface area contributed by atoms with Gasteiger partial charge >= 0.3 is 0 Å². The molecule has 0 aliphatic carbocycles. The van der Waals surface area contributed by atoms with E-state index in [0.29, 0.717) is 30.1 Å². The molecule has 3 aliphatic rings. The van der Waals surface area contributed by atoms with Gasteiger partial charge in [0.2, 0.25) is 11.8 Å². The molecular formula is C19H25N5O3. The first-order valence-electron chi connectivity index (χ1n) is 9.59. The van der Waals surface area contributed by atoms with E-state index in [0.717, 1.165) is 38.3 Å². The van der Waals surface area contributed by atoms with Crippen molar-refractivity contribution in [1.29, 1.82) is 0 Å². The Labute approximate surface area is 158 Å². The lowest BCUT2D eigenvalue weighted by Crippen LogP contribution is -2.52. The summed E-state index contributed by atoms with van der Waals surface area (Å²) in [7, 11) is 2.03. The van der Waals surface area contributed by atoms with E-state index in [1.807, 2.05) is 19.2 Å². The van der Waals surface area contributed by atoms with Crippen molar-refractivity contribution in [2.75, 3.05) is 31.6 Å². The van der Waals surface area contributed by atoms with Gasteiger partial charge in [0.25, 0.3) is 5.91 Å². The maximum absolute atomic E-state index is 12.7. The Morgan fingerprint density at radius 2 is 1.96 bits per heavy atom. The number of hydrogen-bond donors (Lipinski definition) is 2. The summed E-state index contributed by atoms with van der Waals surface area (Å²) < 4.78 is 0. The quantitative estimate of drug-likeness (QED) is 0.739. The van der Waals surface area contributed by atoms with Crippen LogP contribution in [0.2, 0.25) is 0 Å². The molecule has 144 valence electrons. The standard InChI is InChI=1S/C19H25N5O3/c1-23(10-12-6-8-20-9-7-12)16-4-2-13-14(21-16)11-24(19(13)27)15-3-5-17(25)22-18(15)26/h2,4,12,15,20H,3,5-11H2,1H3,(H,22,25,26). The Kier molecular flexibility index (Phi) is 4.82. The maximum atomic E-state index is 12.7. The normalized spacial score (nSPS) is 23.4. The number of piperidine rings is 2. The number of imide groups is 1. The number of hydrogen-bond acceptors (Lipinski definition) is 6. The molecule has 8 nitrogen and oxygen atoms in total. The van der Waals surface area contributed by atoms with Gasteiger partial charge in [-0.1, -0.05) is 0 Å². The van der Waals surface area contributed by atoms with Crippen molar-refractivity contribution >= 4 is 23.5 Å². The van der Waals surface area contributed by atoms with Crippen LogP contribution in [0.5, 0.6) is 0 Å². The highest BCUT2D eigenvalue weighted by molar-refractivity contribution is 6.05. The molecule has 1 atom stereocenters. The third-order valence-corrected chi connectivity index (χ3v) is 5.74. The fourth-order valence-corrected chi connectivity index (χ4v) is 4.18. The molecule has 0 bridgehead atoms. The zero-order valence-corrected chi connectivity index (χ0v) is 15.5. The molecule has 27 heavy (non-hydrogen) atoms. The SMILES string of the molecule is CN(CC1CCNCC1)c1ccc2c(n1)CN(C1CCC(=O)NC1=O)C2=O. The lowest BCUT2D eigenvalue weighted by molar-refractivity contribution is -0.136. The number of carbonyl (C=O) groups excluding carboxylic acids is 3. The predicted octanol–water partition coefficient (Wildman–Crippen LogP) is 0.278. The molecule has 4 heterocycles. The summed E-state index contributed by atoms with van der Waals surface area (Å²) in [6.45, 7) is 3.38. The number of amides is 3. The number of rotatable bonds is 4. The average Bonchev–Trinajstić information content (AvgIpc) is 2.98. The van der Waals surface area contributed by atoms with Crippen LogP contribution in [0.4, 0.5) is 5.82 Å². The largest absolute Gasteiger partial charge is 0.359 e. The number of aromatic nitrogens is 1. The molecule has 2 N–H and O–H groups in total. The summed E-state index contributed by atoms with van der Waals surface area (Å²) in [6, 6.07) is 3.09. The fourth-order valence-electron chi connectivity index (χ4n) is 4.18. The summed E-state index contributed by atoms with van der Waals surface area (Å²) >= 11 is 0. The highest BCUT2D eigenvalue weighted by atomic mass is 16.2. The monoisotopic (exact) mass is 371 g/mol. The van der Waals surface area contributed by atoms with Gasteiger partial charge in [0, 0.05) is 20.0 Å². The van der Waals surface area contributed by atoms with Crippen molar-refractivity contribution in [1.82, 2.24) is 20.5 Å². The van der Waals surface area contributed by atoms with E-state index in [1.54, 1.807) is 0 Å². The number of pyridine rings is 1. The molecule has 0 radical (unpaired) electrons. The maximum Gasteiger partial charge on any atom is 0.256 e. The topological polar surface area (TPSA) is 94.6 Å². The van der Waals surface area contributed by atoms with E-state index in [1.165, 1.54) is 4.90 Å². The van der Waals surface area contributed by atoms with Crippen molar-refractivity contribution in [3.63, 3.8) is 0 Å². The van der Waals surface area contributed by atoms with E-state index in [2.05, 4.69) is 15.5 Å². The summed E-state index contributed by atoms with van der Waals surface area (Å²) in [4.78, 5) is 44.6. The zero-order chi connectivity index (χ0) is 19.0. The van der Waals surface area contributed by atoms with Crippen LogP contribution in [-0.4, -0.2) is 60.3 Å². The van der Waals surface area contributed by atoms with Crippen molar-refractivity contribution in [2.24, 2.45) is 5.92 Å². The van der Waals surface area contributed by atoms with Crippen LogP contribution in [0.1, 0.15) is 41.7 Å². The van der Waals surface area contributed by atoms with Gasteiger partial charge in [0.15, 0.2) is 0 Å². The molecule has 2 saturated heterocycles. The van der Waals surface area contributed by atoms with Gasteiger partial charge in [-0.3, -0.25) is 19.7 Å². The number of anilines is 1. The molecule has 8 heteroatoms. The minimum Gasteiger partial charge on any atom is -0.359 e. The molecule has 3 aliphatic heterocycles. The second kappa shape index (κ2) is 7.26. The van der Waals surface area contributed by atoms with Gasteiger partial charge in [0.1, 0.15) is 11.9 Å². The second-order valence-electron chi connectivity index (χ2n) is 7.64. The van der Waals surface area contributed by atoms with Crippen LogP contribution in [-0.2, 0) is 16.1 Å². The molecule has 1 aromatic rings. The third kappa shape index (κ3) is 3.53. The zero-order valence-electron chi connectivity index (χ0n) is 15.5. The molecule has 0 aromatic carbocycles. The highest BCUT2D eigenvalue weighted by Crippen LogP contribution is 2.28. The van der Waals surface area contributed by atoms with Crippen LogP contribution in [0.15, 0.2) is 12.1 Å². The van der Waals surface area contributed by atoms with E-state index >= 15 is 0 Å². The summed E-state index contributed by atoms with van der Waals surface area (Å²) in [5.74, 6) is 0.647. The summed E-state index contributed by atoms with van der Waals surface area (Å²) in [5.41, 5.74) is 1.26. The van der Waals surface area contributed by atoms with E-state index in [-0.39, 0.29) is 18.2 Å². The van der Waals surface area contributed by atoms with E-state index in [4.69, 9.17) is 4.98 Å². The first-order chi connectivity index (χ1) is 13.0. The fraction of sp³-hybridized carbons (Fsp3) is 0.579. The molecule has 1 aromatic heterocycles. The lowest BCUT2D eigenvalue weighted by atomic mass is 9.98. The minimum absolute atomic E-state index is 0.181. The van der Waals surface area contributed by atoms with Crippen molar-refractivity contribution in [2.45, 2.75) is 38.3 Å². The minimum atomic E-state index is -0.597. The Morgan fingerprint density at radius 1 is 1.19 bits per heavy atom. The highest BCUT2D eigenvalue weighted by Gasteiger charge is 2.39. The molecule has 2 fully saturated rings. The smallest absolute Gasteiger partial charge is 0.256 e. The summed E-state index contributed by atoms with van der Waals surface area (Å²) in [5, 5.41) is 5.70. The first kappa shape index (κ1) is 17.9. The van der Waals surface area contributed by atoms with Crippen LogP contribution >= 0.6 is 0 Å². The van der Waals surface area contributed by atoms with Crippen LogP contribution in [0.25, 0.3) is 0 Å². The Hall–Kier alpha value is -2.48. The van der Waals surface area contributed by atoms with Gasteiger partial charge in [0.05, 0.1) is 17.8 Å². The first-order valence-corrected chi connectivity index (χ1v) is 9.59. The van der Waals surface area contributed by atoms with Crippen LogP contribution < -0.4 is 15.5 Å². The van der Waals surface area contributed by atoms with Gasteiger partial charge in [-0.05, 0) is 50.4 Å². The number of carbonyl (C=O) groups is 3. The lowest BCUT2D eigenvalue weighted by Gasteiger charge is -2.29. The summed E-state index contributed by atoms with van der Waals surface area (Å²) in [6.07, 6.45) is 2.95. The molecule has 3 amide bonds. The van der Waals surface area contributed by atoms with E-state index < -0.39 is 11.9 Å². The molecule has 4 rings (SSSR count). The van der Waals surface area contributed by atoms with Crippen molar-refractivity contribution in [3.8, 4) is 0 Å². The van der Waals surface area contributed by atoms with Gasteiger partial charge in [-0.2, -0.15) is 0 Å².